The number of carboxylic acid groups (broad SMARTS) is 1. The Balaban J connectivity index is 1.89. The molecular weight excluding hydrogens is 266 g/mol. The maximum Gasteiger partial charge on any atom is 0.308 e. The minimum Gasteiger partial charge on any atom is -0.481 e. The first-order chi connectivity index (χ1) is 8.99. The van der Waals surface area contributed by atoms with Crippen LogP contribution in [-0.2, 0) is 4.79 Å². The predicted molar refractivity (Wildman–Crippen MR) is 70.0 cm³/mol. The lowest BCUT2D eigenvalue weighted by molar-refractivity contribution is -0.142. The Morgan fingerprint density at radius 1 is 1.47 bits per heavy atom. The van der Waals surface area contributed by atoms with Crippen LogP contribution in [0.25, 0.3) is 0 Å². The summed E-state index contributed by atoms with van der Waals surface area (Å²) in [5.74, 6) is -1.33. The van der Waals surface area contributed by atoms with E-state index in [1.807, 2.05) is 0 Å². The van der Waals surface area contributed by atoms with Gasteiger partial charge in [0.25, 0.3) is 5.91 Å². The van der Waals surface area contributed by atoms with Gasteiger partial charge >= 0.3 is 5.97 Å². The number of aliphatic carboxylic acids is 1. The molecule has 19 heavy (non-hydrogen) atoms. The van der Waals surface area contributed by atoms with Crippen LogP contribution in [0, 0.1) is 12.8 Å². The maximum absolute atomic E-state index is 12.6. The van der Waals surface area contributed by atoms with E-state index in [0.29, 0.717) is 22.1 Å². The van der Waals surface area contributed by atoms with Crippen LogP contribution in [0.1, 0.15) is 34.6 Å². The van der Waals surface area contributed by atoms with E-state index in [-0.39, 0.29) is 18.0 Å². The second kappa shape index (κ2) is 4.19. The van der Waals surface area contributed by atoms with Gasteiger partial charge in [-0.2, -0.15) is 0 Å². The van der Waals surface area contributed by atoms with E-state index in [4.69, 9.17) is 5.73 Å². The minimum atomic E-state index is -0.800. The number of fused-ring (bicyclic) bond motifs is 2. The molecule has 3 N–H and O–H groups in total. The lowest BCUT2D eigenvalue weighted by Crippen LogP contribution is -2.37. The summed E-state index contributed by atoms with van der Waals surface area (Å²) in [5, 5.41) is 9.57. The molecular formula is C12H15N3O3S. The zero-order valence-electron chi connectivity index (χ0n) is 10.5. The third-order valence-electron chi connectivity index (χ3n) is 4.10. The predicted octanol–water partition coefficient (Wildman–Crippen LogP) is 1.11. The molecule has 1 amide bonds. The maximum atomic E-state index is 12.6. The monoisotopic (exact) mass is 281 g/mol. The van der Waals surface area contributed by atoms with Gasteiger partial charge in [-0.25, -0.2) is 4.98 Å². The van der Waals surface area contributed by atoms with E-state index in [1.54, 1.807) is 11.8 Å². The van der Waals surface area contributed by atoms with Crippen molar-refractivity contribution in [3.63, 3.8) is 0 Å². The highest BCUT2D eigenvalue weighted by molar-refractivity contribution is 7.17. The van der Waals surface area contributed by atoms with Crippen molar-refractivity contribution in [3.05, 3.63) is 10.6 Å². The smallest absolute Gasteiger partial charge is 0.308 e. The van der Waals surface area contributed by atoms with Crippen LogP contribution in [0.15, 0.2) is 0 Å². The van der Waals surface area contributed by atoms with Gasteiger partial charge < -0.3 is 15.7 Å². The fourth-order valence-corrected chi connectivity index (χ4v) is 4.08. The molecule has 1 aromatic rings. The minimum absolute atomic E-state index is 0.0568. The van der Waals surface area contributed by atoms with Crippen LogP contribution in [0.2, 0.25) is 0 Å². The van der Waals surface area contributed by atoms with Crippen molar-refractivity contribution in [3.8, 4) is 0 Å². The molecule has 3 atom stereocenters. The highest BCUT2D eigenvalue weighted by Crippen LogP contribution is 2.43. The number of nitrogens with zero attached hydrogens (tertiary/aromatic N) is 2. The van der Waals surface area contributed by atoms with Gasteiger partial charge in [0.15, 0.2) is 5.13 Å². The molecule has 0 saturated carbocycles. The molecule has 102 valence electrons. The fourth-order valence-electron chi connectivity index (χ4n) is 3.30. The first-order valence-corrected chi connectivity index (χ1v) is 7.09. The lowest BCUT2D eigenvalue weighted by Gasteiger charge is -2.22. The number of rotatable bonds is 2. The highest BCUT2D eigenvalue weighted by atomic mass is 32.1. The van der Waals surface area contributed by atoms with Crippen molar-refractivity contribution in [2.24, 2.45) is 5.92 Å². The molecule has 2 aliphatic rings. The molecule has 1 aromatic heterocycles. The number of carboxylic acids is 1. The second-order valence-corrected chi connectivity index (χ2v) is 6.19. The molecule has 0 spiro atoms. The second-order valence-electron chi connectivity index (χ2n) is 5.16. The number of nitrogen functional groups attached to an aromatic ring is 1. The van der Waals surface area contributed by atoms with Crippen molar-refractivity contribution in [1.82, 2.24) is 9.88 Å². The molecule has 3 rings (SSSR count). The van der Waals surface area contributed by atoms with Crippen LogP contribution in [0.4, 0.5) is 5.13 Å². The first-order valence-electron chi connectivity index (χ1n) is 6.27. The molecule has 0 aromatic carbocycles. The fraction of sp³-hybridized carbons (Fsp3) is 0.583. The summed E-state index contributed by atoms with van der Waals surface area (Å²) in [6.07, 6.45) is 2.24. The van der Waals surface area contributed by atoms with Gasteiger partial charge in [0, 0.05) is 12.1 Å². The Morgan fingerprint density at radius 2 is 2.21 bits per heavy atom. The van der Waals surface area contributed by atoms with Gasteiger partial charge in [0.05, 0.1) is 11.6 Å². The SMILES string of the molecule is Cc1nc(N)sc1C(=O)N1C2CCC1C(C(=O)O)C2. The molecule has 0 radical (unpaired) electrons. The summed E-state index contributed by atoms with van der Waals surface area (Å²) in [6.45, 7) is 1.76. The van der Waals surface area contributed by atoms with Gasteiger partial charge in [-0.15, -0.1) is 0 Å². The van der Waals surface area contributed by atoms with Crippen molar-refractivity contribution in [1.29, 1.82) is 0 Å². The van der Waals surface area contributed by atoms with Gasteiger partial charge in [-0.05, 0) is 26.2 Å². The Hall–Kier alpha value is -1.63. The summed E-state index contributed by atoms with van der Waals surface area (Å²) < 4.78 is 0. The number of hydrogen-bond donors (Lipinski definition) is 2. The number of nitrogens with two attached hydrogens (primary N) is 1. The van der Waals surface area contributed by atoms with Crippen molar-refractivity contribution >= 4 is 28.3 Å². The Labute approximate surface area is 114 Å². The molecule has 0 aliphatic carbocycles. The number of carbonyl (C=O) groups is 2. The Kier molecular flexibility index (Phi) is 2.74. The number of aryl methyl sites for hydroxylation is 1. The molecule has 3 unspecified atom stereocenters. The number of aromatic nitrogens is 1. The normalized spacial score (nSPS) is 28.9. The highest BCUT2D eigenvalue weighted by Gasteiger charge is 2.51. The molecule has 2 bridgehead atoms. The van der Waals surface area contributed by atoms with Crippen molar-refractivity contribution in [2.45, 2.75) is 38.3 Å². The van der Waals surface area contributed by atoms with E-state index in [2.05, 4.69) is 4.98 Å². The van der Waals surface area contributed by atoms with Crippen LogP contribution in [0.5, 0.6) is 0 Å². The number of thiazole rings is 1. The summed E-state index contributed by atoms with van der Waals surface area (Å²) in [4.78, 5) is 30.1. The summed E-state index contributed by atoms with van der Waals surface area (Å²) in [5.41, 5.74) is 6.25. The molecule has 2 fully saturated rings. The van der Waals surface area contributed by atoms with Crippen molar-refractivity contribution < 1.29 is 14.7 Å². The third-order valence-corrected chi connectivity index (χ3v) is 5.07. The number of hydrogen-bond acceptors (Lipinski definition) is 5. The third kappa shape index (κ3) is 1.80. The first kappa shape index (κ1) is 12.4. The van der Waals surface area contributed by atoms with Crippen LogP contribution in [0.3, 0.4) is 0 Å². The Morgan fingerprint density at radius 3 is 2.74 bits per heavy atom. The van der Waals surface area contributed by atoms with E-state index in [1.165, 1.54) is 11.3 Å². The van der Waals surface area contributed by atoms with E-state index in [0.717, 1.165) is 12.8 Å². The van der Waals surface area contributed by atoms with Crippen molar-refractivity contribution in [2.75, 3.05) is 5.73 Å². The van der Waals surface area contributed by atoms with E-state index < -0.39 is 11.9 Å². The van der Waals surface area contributed by atoms with Crippen LogP contribution in [-0.4, -0.2) is 39.0 Å². The molecule has 3 heterocycles. The summed E-state index contributed by atoms with van der Waals surface area (Å²) >= 11 is 1.18. The number of amides is 1. The molecule has 2 aliphatic heterocycles. The van der Waals surface area contributed by atoms with E-state index in [9.17, 15) is 14.7 Å². The zero-order valence-corrected chi connectivity index (χ0v) is 11.3. The number of carbonyl (C=O) groups excluding carboxylic acids is 1. The van der Waals surface area contributed by atoms with Crippen LogP contribution < -0.4 is 5.73 Å². The summed E-state index contributed by atoms with van der Waals surface area (Å²) in [6, 6.07) is -0.112. The largest absolute Gasteiger partial charge is 0.481 e. The van der Waals surface area contributed by atoms with Crippen LogP contribution >= 0.6 is 11.3 Å². The topological polar surface area (TPSA) is 96.5 Å². The quantitative estimate of drug-likeness (QED) is 0.846. The standard InChI is InChI=1S/C12H15N3O3S/c1-5-9(19-12(13)14-5)10(16)15-6-2-3-8(15)7(4-6)11(17)18/h6-8H,2-4H2,1H3,(H2,13,14)(H,17,18). The van der Waals surface area contributed by atoms with Gasteiger partial charge in [-0.1, -0.05) is 11.3 Å². The van der Waals surface area contributed by atoms with Gasteiger partial charge in [0.2, 0.25) is 0 Å². The van der Waals surface area contributed by atoms with Gasteiger partial charge in [0.1, 0.15) is 4.88 Å². The summed E-state index contributed by atoms with van der Waals surface area (Å²) in [7, 11) is 0. The Bertz CT molecular complexity index is 556. The molecule has 2 saturated heterocycles. The average Bonchev–Trinajstić information content (AvgIpc) is 3.00. The lowest BCUT2D eigenvalue weighted by atomic mass is 9.89. The molecule has 6 nitrogen and oxygen atoms in total. The van der Waals surface area contributed by atoms with Gasteiger partial charge in [-0.3, -0.25) is 9.59 Å². The van der Waals surface area contributed by atoms with E-state index >= 15 is 0 Å². The average molecular weight is 281 g/mol. The number of anilines is 1. The molecule has 7 heteroatoms. The zero-order chi connectivity index (χ0) is 13.7.